The second-order valence-corrected chi connectivity index (χ2v) is 6.04. The molecule has 0 aliphatic heterocycles. The smallest absolute Gasteiger partial charge is 0.0594 e. The molecule has 2 nitrogen and oxygen atoms in total. The van der Waals surface area contributed by atoms with E-state index in [0.717, 1.165) is 25.1 Å². The van der Waals surface area contributed by atoms with Gasteiger partial charge in [0, 0.05) is 12.6 Å². The van der Waals surface area contributed by atoms with Crippen LogP contribution in [0.15, 0.2) is 0 Å². The lowest BCUT2D eigenvalue weighted by molar-refractivity contribution is 0.0588. The van der Waals surface area contributed by atoms with Gasteiger partial charge in [-0.2, -0.15) is 0 Å². The van der Waals surface area contributed by atoms with Crippen LogP contribution in [0.3, 0.4) is 0 Å². The van der Waals surface area contributed by atoms with Gasteiger partial charge < -0.3 is 10.1 Å². The Morgan fingerprint density at radius 2 is 1.76 bits per heavy atom. The lowest BCUT2D eigenvalue weighted by atomic mass is 10.0. The molecule has 1 N–H and O–H groups in total. The van der Waals surface area contributed by atoms with Crippen molar-refractivity contribution < 1.29 is 4.74 Å². The first-order valence-electron chi connectivity index (χ1n) is 7.69. The summed E-state index contributed by atoms with van der Waals surface area (Å²) in [4.78, 5) is 0. The molecule has 2 aliphatic carbocycles. The van der Waals surface area contributed by atoms with Crippen LogP contribution in [0.5, 0.6) is 0 Å². The van der Waals surface area contributed by atoms with E-state index in [2.05, 4.69) is 12.2 Å². The second kappa shape index (κ2) is 7.38. The van der Waals surface area contributed by atoms with Gasteiger partial charge in [-0.3, -0.25) is 0 Å². The molecule has 0 aromatic carbocycles. The van der Waals surface area contributed by atoms with E-state index in [4.69, 9.17) is 4.74 Å². The van der Waals surface area contributed by atoms with Gasteiger partial charge in [0.25, 0.3) is 0 Å². The zero-order valence-corrected chi connectivity index (χ0v) is 11.4. The Hall–Kier alpha value is -0.0800. The Morgan fingerprint density at radius 3 is 2.59 bits per heavy atom. The van der Waals surface area contributed by atoms with Crippen molar-refractivity contribution in [3.8, 4) is 0 Å². The molecule has 0 spiro atoms. The molecule has 100 valence electrons. The summed E-state index contributed by atoms with van der Waals surface area (Å²) in [7, 11) is 0. The zero-order chi connectivity index (χ0) is 11.9. The number of ether oxygens (including phenoxy) is 1. The minimum atomic E-state index is 0.575. The molecule has 0 saturated heterocycles. The van der Waals surface area contributed by atoms with E-state index < -0.39 is 0 Å². The maximum Gasteiger partial charge on any atom is 0.0594 e. The molecule has 2 heteroatoms. The average molecular weight is 239 g/mol. The fourth-order valence-corrected chi connectivity index (χ4v) is 3.23. The van der Waals surface area contributed by atoms with Crippen LogP contribution in [-0.2, 0) is 4.74 Å². The lowest BCUT2D eigenvalue weighted by Gasteiger charge is -2.17. The zero-order valence-electron chi connectivity index (χ0n) is 11.4. The minimum absolute atomic E-state index is 0.575. The van der Waals surface area contributed by atoms with Crippen LogP contribution in [0.1, 0.15) is 64.7 Å². The van der Waals surface area contributed by atoms with Crippen molar-refractivity contribution in [3.05, 3.63) is 0 Å². The first-order valence-corrected chi connectivity index (χ1v) is 7.69. The first kappa shape index (κ1) is 13.4. The van der Waals surface area contributed by atoms with Crippen molar-refractivity contribution in [1.29, 1.82) is 0 Å². The molecule has 2 aliphatic rings. The van der Waals surface area contributed by atoms with Crippen molar-refractivity contribution in [2.45, 2.75) is 76.9 Å². The molecule has 2 saturated carbocycles. The molecule has 2 atom stereocenters. The van der Waals surface area contributed by atoms with Gasteiger partial charge in [0.05, 0.1) is 12.7 Å². The Balaban J connectivity index is 1.52. The molecule has 0 heterocycles. The van der Waals surface area contributed by atoms with Gasteiger partial charge in [-0.05, 0) is 38.0 Å². The maximum atomic E-state index is 5.88. The fourth-order valence-electron chi connectivity index (χ4n) is 3.23. The van der Waals surface area contributed by atoms with Crippen LogP contribution in [0.25, 0.3) is 0 Å². The topological polar surface area (TPSA) is 21.3 Å². The minimum Gasteiger partial charge on any atom is -0.377 e. The molecule has 17 heavy (non-hydrogen) atoms. The number of nitrogens with one attached hydrogen (secondary N) is 1. The molecule has 0 amide bonds. The Kier molecular flexibility index (Phi) is 5.79. The molecule has 2 rings (SSSR count). The number of hydrogen-bond donors (Lipinski definition) is 1. The summed E-state index contributed by atoms with van der Waals surface area (Å²) in [6, 6.07) is 0.757. The predicted molar refractivity (Wildman–Crippen MR) is 72.2 cm³/mol. The molecular weight excluding hydrogens is 210 g/mol. The summed E-state index contributed by atoms with van der Waals surface area (Å²) in [5.74, 6) is 0.941. The van der Waals surface area contributed by atoms with Crippen LogP contribution in [0.2, 0.25) is 0 Å². The van der Waals surface area contributed by atoms with Crippen molar-refractivity contribution in [2.75, 3.05) is 13.2 Å². The molecule has 0 aromatic heterocycles. The highest BCUT2D eigenvalue weighted by molar-refractivity contribution is 4.73. The van der Waals surface area contributed by atoms with Crippen molar-refractivity contribution >= 4 is 0 Å². The summed E-state index contributed by atoms with van der Waals surface area (Å²) in [5.41, 5.74) is 0. The molecule has 0 bridgehead atoms. The monoisotopic (exact) mass is 239 g/mol. The third-order valence-electron chi connectivity index (χ3n) is 4.45. The number of rotatable bonds is 5. The lowest BCUT2D eigenvalue weighted by Crippen LogP contribution is -2.32. The largest absolute Gasteiger partial charge is 0.377 e. The van der Waals surface area contributed by atoms with Crippen molar-refractivity contribution in [2.24, 2.45) is 5.92 Å². The van der Waals surface area contributed by atoms with E-state index in [1.165, 1.54) is 57.8 Å². The highest BCUT2D eigenvalue weighted by Gasteiger charge is 2.17. The van der Waals surface area contributed by atoms with Crippen LogP contribution >= 0.6 is 0 Å². The van der Waals surface area contributed by atoms with E-state index in [-0.39, 0.29) is 0 Å². The highest BCUT2D eigenvalue weighted by atomic mass is 16.5. The quantitative estimate of drug-likeness (QED) is 0.585. The Bertz CT molecular complexity index is 201. The summed E-state index contributed by atoms with van der Waals surface area (Å²) in [6.07, 6.45) is 12.9. The summed E-state index contributed by atoms with van der Waals surface area (Å²) in [6.45, 7) is 4.36. The molecular formula is C15H29NO. The van der Waals surface area contributed by atoms with Crippen LogP contribution < -0.4 is 5.32 Å². The van der Waals surface area contributed by atoms with Crippen LogP contribution in [-0.4, -0.2) is 25.3 Å². The standard InChI is InChI=1S/C15H29NO/c1-13-5-4-6-14(10-9-13)16-11-12-17-15-7-2-3-8-15/h13-16H,2-12H2,1H3. The van der Waals surface area contributed by atoms with Crippen molar-refractivity contribution in [3.63, 3.8) is 0 Å². The SMILES string of the molecule is CC1CCCC(NCCOC2CCCC2)CC1. The van der Waals surface area contributed by atoms with Gasteiger partial charge in [-0.1, -0.05) is 32.6 Å². The Morgan fingerprint density at radius 1 is 0.941 bits per heavy atom. The van der Waals surface area contributed by atoms with E-state index in [0.29, 0.717) is 6.10 Å². The van der Waals surface area contributed by atoms with E-state index in [9.17, 15) is 0 Å². The van der Waals surface area contributed by atoms with E-state index >= 15 is 0 Å². The van der Waals surface area contributed by atoms with Gasteiger partial charge >= 0.3 is 0 Å². The second-order valence-electron chi connectivity index (χ2n) is 6.04. The van der Waals surface area contributed by atoms with Gasteiger partial charge in [-0.25, -0.2) is 0 Å². The Labute approximate surface area is 107 Å². The number of hydrogen-bond acceptors (Lipinski definition) is 2. The van der Waals surface area contributed by atoms with Gasteiger partial charge in [0.15, 0.2) is 0 Å². The fraction of sp³-hybridized carbons (Fsp3) is 1.00. The average Bonchev–Trinajstić information content (AvgIpc) is 2.75. The van der Waals surface area contributed by atoms with Crippen molar-refractivity contribution in [1.82, 2.24) is 5.32 Å². The molecule has 0 aromatic rings. The normalized spacial score (nSPS) is 31.6. The first-order chi connectivity index (χ1) is 8.34. The van der Waals surface area contributed by atoms with E-state index in [1.807, 2.05) is 0 Å². The highest BCUT2D eigenvalue weighted by Crippen LogP contribution is 2.23. The summed E-state index contributed by atoms with van der Waals surface area (Å²) < 4.78 is 5.88. The van der Waals surface area contributed by atoms with E-state index in [1.54, 1.807) is 0 Å². The maximum absolute atomic E-state index is 5.88. The summed E-state index contributed by atoms with van der Waals surface area (Å²) in [5, 5.41) is 3.68. The third kappa shape index (κ3) is 4.97. The van der Waals surface area contributed by atoms with Gasteiger partial charge in [0.1, 0.15) is 0 Å². The third-order valence-corrected chi connectivity index (χ3v) is 4.45. The van der Waals surface area contributed by atoms with Crippen LogP contribution in [0.4, 0.5) is 0 Å². The van der Waals surface area contributed by atoms with Gasteiger partial charge in [-0.15, -0.1) is 0 Å². The van der Waals surface area contributed by atoms with Crippen LogP contribution in [0, 0.1) is 5.92 Å². The molecule has 2 unspecified atom stereocenters. The summed E-state index contributed by atoms with van der Waals surface area (Å²) >= 11 is 0. The molecule has 2 fully saturated rings. The predicted octanol–water partition coefficient (Wildman–Crippen LogP) is 3.50. The molecule has 0 radical (unpaired) electrons. The van der Waals surface area contributed by atoms with Gasteiger partial charge in [0.2, 0.25) is 0 Å².